The lowest BCUT2D eigenvalue weighted by Gasteiger charge is -2.11. The molecule has 0 amide bonds. The summed E-state index contributed by atoms with van der Waals surface area (Å²) in [6.45, 7) is 2.00. The van der Waals surface area contributed by atoms with Crippen LogP contribution >= 0.6 is 0 Å². The topological polar surface area (TPSA) is 61.6 Å². The first-order valence-electron chi connectivity index (χ1n) is 6.38. The van der Waals surface area contributed by atoms with Gasteiger partial charge < -0.3 is 5.32 Å². The third-order valence-corrected chi connectivity index (χ3v) is 3.46. The molecule has 0 saturated heterocycles. The van der Waals surface area contributed by atoms with Crippen molar-refractivity contribution in [2.75, 3.05) is 5.32 Å². The van der Waals surface area contributed by atoms with Crippen LogP contribution in [0.3, 0.4) is 0 Å². The third kappa shape index (κ3) is 2.15. The summed E-state index contributed by atoms with van der Waals surface area (Å²) in [5.74, 6) is 0.638. The third-order valence-electron chi connectivity index (χ3n) is 3.46. The summed E-state index contributed by atoms with van der Waals surface area (Å²) >= 11 is 0. The van der Waals surface area contributed by atoms with Gasteiger partial charge in [0.2, 0.25) is 0 Å². The fourth-order valence-electron chi connectivity index (χ4n) is 2.38. The number of rotatable bonds is 2. The van der Waals surface area contributed by atoms with Gasteiger partial charge in [0.1, 0.15) is 11.9 Å². The van der Waals surface area contributed by atoms with Gasteiger partial charge in [0, 0.05) is 11.9 Å². The van der Waals surface area contributed by atoms with E-state index in [0.717, 1.165) is 36.2 Å². The first-order valence-corrected chi connectivity index (χ1v) is 6.38. The Morgan fingerprint density at radius 3 is 3.05 bits per heavy atom. The summed E-state index contributed by atoms with van der Waals surface area (Å²) in [7, 11) is 0. The Morgan fingerprint density at radius 1 is 1.37 bits per heavy atom. The largest absolute Gasteiger partial charge is 0.338 e. The number of pyridine rings is 2. The molecule has 2 heterocycles. The second kappa shape index (κ2) is 4.69. The molecule has 2 aromatic rings. The smallest absolute Gasteiger partial charge is 0.148 e. The molecule has 0 aromatic carbocycles. The van der Waals surface area contributed by atoms with E-state index in [1.165, 1.54) is 5.56 Å². The molecule has 0 aliphatic heterocycles. The van der Waals surface area contributed by atoms with Crippen molar-refractivity contribution >= 4 is 11.5 Å². The normalized spacial score (nSPS) is 12.8. The minimum atomic E-state index is 0.601. The Bertz CT molecular complexity index is 670. The molecule has 0 fully saturated rings. The highest BCUT2D eigenvalue weighted by Crippen LogP contribution is 2.27. The van der Waals surface area contributed by atoms with Gasteiger partial charge in [-0.05, 0) is 49.4 Å². The zero-order valence-corrected chi connectivity index (χ0v) is 10.8. The van der Waals surface area contributed by atoms with E-state index in [0.29, 0.717) is 11.4 Å². The number of hydrogen-bond donors (Lipinski definition) is 1. The Morgan fingerprint density at radius 2 is 2.26 bits per heavy atom. The molecule has 19 heavy (non-hydrogen) atoms. The minimum Gasteiger partial charge on any atom is -0.338 e. The van der Waals surface area contributed by atoms with Gasteiger partial charge in [0.15, 0.2) is 0 Å². The molecular formula is C15H14N4. The number of nitrogens with one attached hydrogen (secondary N) is 1. The van der Waals surface area contributed by atoms with Crippen molar-refractivity contribution in [2.24, 2.45) is 0 Å². The van der Waals surface area contributed by atoms with Gasteiger partial charge in [-0.1, -0.05) is 0 Å². The van der Waals surface area contributed by atoms with Gasteiger partial charge in [0.05, 0.1) is 17.4 Å². The highest BCUT2D eigenvalue weighted by Gasteiger charge is 2.16. The number of hydrogen-bond acceptors (Lipinski definition) is 4. The second-order valence-corrected chi connectivity index (χ2v) is 4.77. The van der Waals surface area contributed by atoms with Gasteiger partial charge in [-0.2, -0.15) is 5.26 Å². The van der Waals surface area contributed by atoms with Crippen LogP contribution in [-0.4, -0.2) is 9.97 Å². The fraction of sp³-hybridized carbons (Fsp3) is 0.267. The standard InChI is InChI=1S/C15H14N4/c1-10-5-6-17-9-14(10)19-15-12(8-16)7-11-3-2-4-13(11)18-15/h5-7,9H,2-4H2,1H3,(H,18,19). The lowest BCUT2D eigenvalue weighted by molar-refractivity contribution is 0.900. The highest BCUT2D eigenvalue weighted by molar-refractivity contribution is 5.65. The SMILES string of the molecule is Cc1ccncc1Nc1nc2c(cc1C#N)CCC2. The average Bonchev–Trinajstić information content (AvgIpc) is 2.87. The summed E-state index contributed by atoms with van der Waals surface area (Å²) in [6, 6.07) is 6.11. The van der Waals surface area contributed by atoms with E-state index in [4.69, 9.17) is 0 Å². The molecule has 2 aromatic heterocycles. The molecule has 0 saturated carbocycles. The molecule has 0 radical (unpaired) electrons. The maximum absolute atomic E-state index is 9.25. The van der Waals surface area contributed by atoms with Crippen LogP contribution in [0.5, 0.6) is 0 Å². The number of aromatic nitrogens is 2. The quantitative estimate of drug-likeness (QED) is 0.890. The molecule has 1 aliphatic carbocycles. The van der Waals surface area contributed by atoms with E-state index < -0.39 is 0 Å². The Hall–Kier alpha value is -2.41. The second-order valence-electron chi connectivity index (χ2n) is 4.77. The summed E-state index contributed by atoms with van der Waals surface area (Å²) in [5.41, 5.74) is 4.91. The van der Waals surface area contributed by atoms with E-state index in [1.807, 2.05) is 19.1 Å². The molecule has 0 atom stereocenters. The first kappa shape index (κ1) is 11.7. The van der Waals surface area contributed by atoms with Crippen LogP contribution < -0.4 is 5.32 Å². The van der Waals surface area contributed by atoms with Crippen LogP contribution in [-0.2, 0) is 12.8 Å². The van der Waals surface area contributed by atoms with Crippen LogP contribution in [0.4, 0.5) is 11.5 Å². The van der Waals surface area contributed by atoms with Crippen molar-refractivity contribution in [1.29, 1.82) is 5.26 Å². The molecule has 1 aliphatic rings. The van der Waals surface area contributed by atoms with Crippen LogP contribution in [0.15, 0.2) is 24.5 Å². The van der Waals surface area contributed by atoms with Crippen LogP contribution in [0.25, 0.3) is 0 Å². The van der Waals surface area contributed by atoms with Gasteiger partial charge >= 0.3 is 0 Å². The van der Waals surface area contributed by atoms with E-state index in [1.54, 1.807) is 12.4 Å². The fourth-order valence-corrected chi connectivity index (χ4v) is 2.38. The summed E-state index contributed by atoms with van der Waals surface area (Å²) in [6.07, 6.45) is 6.67. The van der Waals surface area contributed by atoms with Gasteiger partial charge in [-0.15, -0.1) is 0 Å². The van der Waals surface area contributed by atoms with E-state index in [2.05, 4.69) is 21.4 Å². The number of fused-ring (bicyclic) bond motifs is 1. The molecule has 4 nitrogen and oxygen atoms in total. The Kier molecular flexibility index (Phi) is 2.88. The predicted octanol–water partition coefficient (Wildman–Crippen LogP) is 2.89. The zero-order valence-electron chi connectivity index (χ0n) is 10.8. The molecule has 0 unspecified atom stereocenters. The van der Waals surface area contributed by atoms with Crippen LogP contribution in [0.1, 0.15) is 28.8 Å². The zero-order chi connectivity index (χ0) is 13.2. The van der Waals surface area contributed by atoms with Crippen molar-refractivity contribution < 1.29 is 0 Å². The molecule has 1 N–H and O–H groups in total. The lowest BCUT2D eigenvalue weighted by atomic mass is 10.1. The predicted molar refractivity (Wildman–Crippen MR) is 73.2 cm³/mol. The molecule has 0 bridgehead atoms. The highest BCUT2D eigenvalue weighted by atomic mass is 15.0. The molecule has 4 heteroatoms. The van der Waals surface area contributed by atoms with E-state index >= 15 is 0 Å². The maximum Gasteiger partial charge on any atom is 0.148 e. The van der Waals surface area contributed by atoms with Crippen molar-refractivity contribution in [1.82, 2.24) is 9.97 Å². The van der Waals surface area contributed by atoms with Gasteiger partial charge in [-0.3, -0.25) is 4.98 Å². The van der Waals surface area contributed by atoms with E-state index in [9.17, 15) is 5.26 Å². The van der Waals surface area contributed by atoms with Gasteiger partial charge in [-0.25, -0.2) is 4.98 Å². The molecule has 0 spiro atoms. The summed E-state index contributed by atoms with van der Waals surface area (Å²) < 4.78 is 0. The first-order chi connectivity index (χ1) is 9.28. The van der Waals surface area contributed by atoms with Crippen molar-refractivity contribution in [3.63, 3.8) is 0 Å². The maximum atomic E-state index is 9.25. The van der Waals surface area contributed by atoms with Crippen LogP contribution in [0, 0.1) is 18.3 Å². The number of nitrogens with zero attached hydrogens (tertiary/aromatic N) is 3. The summed E-state index contributed by atoms with van der Waals surface area (Å²) in [5, 5.41) is 12.5. The van der Waals surface area contributed by atoms with E-state index in [-0.39, 0.29) is 0 Å². The molecule has 3 rings (SSSR count). The molecular weight excluding hydrogens is 236 g/mol. The number of aryl methyl sites for hydroxylation is 3. The monoisotopic (exact) mass is 250 g/mol. The minimum absolute atomic E-state index is 0.601. The molecule has 94 valence electrons. The average molecular weight is 250 g/mol. The van der Waals surface area contributed by atoms with Gasteiger partial charge in [0.25, 0.3) is 0 Å². The van der Waals surface area contributed by atoms with Crippen LogP contribution in [0.2, 0.25) is 0 Å². The van der Waals surface area contributed by atoms with Crippen molar-refractivity contribution in [2.45, 2.75) is 26.2 Å². The lowest BCUT2D eigenvalue weighted by Crippen LogP contribution is -2.02. The van der Waals surface area contributed by atoms with Crippen molar-refractivity contribution in [3.05, 3.63) is 46.9 Å². The number of nitriles is 1. The summed E-state index contributed by atoms with van der Waals surface area (Å²) in [4.78, 5) is 8.70. The van der Waals surface area contributed by atoms with Crippen molar-refractivity contribution in [3.8, 4) is 6.07 Å². The number of anilines is 2. The Labute approximate surface area is 112 Å². The Balaban J connectivity index is 2.02.